The molecule has 0 aliphatic heterocycles. The summed E-state index contributed by atoms with van der Waals surface area (Å²) < 4.78 is 32.8. The van der Waals surface area contributed by atoms with E-state index < -0.39 is 29.6 Å². The lowest BCUT2D eigenvalue weighted by molar-refractivity contribution is -0.0499. The number of esters is 1. The Hall–Kier alpha value is -2.36. The minimum Gasteiger partial charge on any atom is -0.506 e. The molecule has 0 unspecified atom stereocenters. The number of rotatable bonds is 4. The van der Waals surface area contributed by atoms with E-state index >= 15 is 0 Å². The standard InChI is InChI=1S/C11H9F2NO4/c1-2-17-10(16)8-4-7(18-11(12)13)3-6(5-14)9(8)15/h3-4,11,15H,2H2,1H3. The van der Waals surface area contributed by atoms with Crippen LogP contribution in [-0.4, -0.2) is 24.3 Å². The second-order valence-electron chi connectivity index (χ2n) is 3.08. The van der Waals surface area contributed by atoms with Crippen molar-refractivity contribution in [3.8, 4) is 17.6 Å². The molecule has 0 aliphatic carbocycles. The zero-order valence-corrected chi connectivity index (χ0v) is 9.31. The lowest BCUT2D eigenvalue weighted by Gasteiger charge is -2.09. The third-order valence-electron chi connectivity index (χ3n) is 1.92. The van der Waals surface area contributed by atoms with Gasteiger partial charge < -0.3 is 14.6 Å². The molecular weight excluding hydrogens is 248 g/mol. The van der Waals surface area contributed by atoms with Crippen LogP contribution in [0.25, 0.3) is 0 Å². The molecule has 1 aromatic rings. The normalized spacial score (nSPS) is 9.94. The molecule has 0 aromatic heterocycles. The molecule has 18 heavy (non-hydrogen) atoms. The molecule has 0 spiro atoms. The molecule has 96 valence electrons. The molecule has 1 N–H and O–H groups in total. The van der Waals surface area contributed by atoms with Crippen molar-refractivity contribution in [1.29, 1.82) is 5.26 Å². The maximum Gasteiger partial charge on any atom is 0.387 e. The topological polar surface area (TPSA) is 79.5 Å². The van der Waals surface area contributed by atoms with Crippen molar-refractivity contribution in [2.45, 2.75) is 13.5 Å². The Kier molecular flexibility index (Phi) is 4.43. The number of ether oxygens (including phenoxy) is 2. The highest BCUT2D eigenvalue weighted by molar-refractivity contribution is 5.93. The Labute approximate surface area is 101 Å². The number of nitriles is 1. The summed E-state index contributed by atoms with van der Waals surface area (Å²) in [6, 6.07) is 3.36. The Balaban J connectivity index is 3.23. The Morgan fingerprint density at radius 2 is 2.22 bits per heavy atom. The minimum absolute atomic E-state index is 0.0418. The Morgan fingerprint density at radius 1 is 1.56 bits per heavy atom. The van der Waals surface area contributed by atoms with E-state index in [1.807, 2.05) is 0 Å². The van der Waals surface area contributed by atoms with Gasteiger partial charge in [0.25, 0.3) is 0 Å². The van der Waals surface area contributed by atoms with Crippen LogP contribution in [0.1, 0.15) is 22.8 Å². The summed E-state index contributed by atoms with van der Waals surface area (Å²) in [7, 11) is 0. The van der Waals surface area contributed by atoms with E-state index in [2.05, 4.69) is 9.47 Å². The van der Waals surface area contributed by atoms with Crippen LogP contribution in [0.3, 0.4) is 0 Å². The monoisotopic (exact) mass is 257 g/mol. The molecule has 0 aliphatic rings. The van der Waals surface area contributed by atoms with Gasteiger partial charge in [-0.2, -0.15) is 14.0 Å². The molecule has 0 bridgehead atoms. The lowest BCUT2D eigenvalue weighted by Crippen LogP contribution is -2.08. The molecule has 0 saturated carbocycles. The molecule has 7 heteroatoms. The van der Waals surface area contributed by atoms with Gasteiger partial charge in [0.15, 0.2) is 0 Å². The maximum atomic E-state index is 12.1. The number of phenols is 1. The highest BCUT2D eigenvalue weighted by Gasteiger charge is 2.19. The van der Waals surface area contributed by atoms with E-state index in [-0.39, 0.29) is 12.2 Å². The molecule has 0 amide bonds. The molecule has 1 aromatic carbocycles. The summed E-state index contributed by atoms with van der Waals surface area (Å²) in [6.45, 7) is -1.52. The summed E-state index contributed by atoms with van der Waals surface area (Å²) in [5.74, 6) is -1.95. The van der Waals surface area contributed by atoms with Crippen LogP contribution < -0.4 is 4.74 Å². The summed E-state index contributed by atoms with van der Waals surface area (Å²) in [5.41, 5.74) is -0.747. The summed E-state index contributed by atoms with van der Waals surface area (Å²) in [5, 5.41) is 18.3. The zero-order chi connectivity index (χ0) is 13.7. The van der Waals surface area contributed by atoms with Crippen molar-refractivity contribution < 1.29 is 28.2 Å². The van der Waals surface area contributed by atoms with E-state index in [9.17, 15) is 18.7 Å². The van der Waals surface area contributed by atoms with Crippen LogP contribution >= 0.6 is 0 Å². The van der Waals surface area contributed by atoms with Crippen molar-refractivity contribution >= 4 is 5.97 Å². The fourth-order valence-corrected chi connectivity index (χ4v) is 1.23. The number of phenolic OH excluding ortho intramolecular Hbond substituents is 1. The average molecular weight is 257 g/mol. The second kappa shape index (κ2) is 5.82. The van der Waals surface area contributed by atoms with Crippen LogP contribution in [0.15, 0.2) is 12.1 Å². The van der Waals surface area contributed by atoms with Gasteiger partial charge in [-0.3, -0.25) is 0 Å². The summed E-state index contributed by atoms with van der Waals surface area (Å²) in [6.07, 6.45) is 0. The number of halogens is 2. The summed E-state index contributed by atoms with van der Waals surface area (Å²) in [4.78, 5) is 11.4. The van der Waals surface area contributed by atoms with Gasteiger partial charge in [0, 0.05) is 6.07 Å². The lowest BCUT2D eigenvalue weighted by atomic mass is 10.1. The smallest absolute Gasteiger partial charge is 0.387 e. The largest absolute Gasteiger partial charge is 0.506 e. The number of hydrogen-bond donors (Lipinski definition) is 1. The quantitative estimate of drug-likeness (QED) is 0.835. The maximum absolute atomic E-state index is 12.1. The first-order valence-electron chi connectivity index (χ1n) is 4.88. The average Bonchev–Trinajstić information content (AvgIpc) is 2.30. The number of alkyl halides is 2. The van der Waals surface area contributed by atoms with Crippen molar-refractivity contribution in [3.63, 3.8) is 0 Å². The fourth-order valence-electron chi connectivity index (χ4n) is 1.23. The molecule has 1 rings (SSSR count). The predicted molar refractivity (Wildman–Crippen MR) is 55.4 cm³/mol. The van der Waals surface area contributed by atoms with E-state index in [1.54, 1.807) is 13.0 Å². The van der Waals surface area contributed by atoms with Gasteiger partial charge in [0.1, 0.15) is 23.1 Å². The van der Waals surface area contributed by atoms with E-state index in [4.69, 9.17) is 5.26 Å². The third-order valence-corrected chi connectivity index (χ3v) is 1.92. The highest BCUT2D eigenvalue weighted by atomic mass is 19.3. The van der Waals surface area contributed by atoms with E-state index in [1.165, 1.54) is 0 Å². The molecule has 0 heterocycles. The molecule has 0 atom stereocenters. The van der Waals surface area contributed by atoms with Crippen LogP contribution in [-0.2, 0) is 4.74 Å². The SMILES string of the molecule is CCOC(=O)c1cc(OC(F)F)cc(C#N)c1O. The molecular formula is C11H9F2NO4. The van der Waals surface area contributed by atoms with Gasteiger partial charge in [-0.25, -0.2) is 4.79 Å². The number of carbonyl (C=O) groups excluding carboxylic acids is 1. The molecule has 0 fully saturated rings. The number of carbonyl (C=O) groups is 1. The Bertz CT molecular complexity index is 497. The first-order valence-corrected chi connectivity index (χ1v) is 4.88. The summed E-state index contributed by atoms with van der Waals surface area (Å²) >= 11 is 0. The molecule has 0 saturated heterocycles. The Morgan fingerprint density at radius 3 is 2.72 bits per heavy atom. The van der Waals surface area contributed by atoms with Gasteiger partial charge in [0.05, 0.1) is 12.2 Å². The molecule has 5 nitrogen and oxygen atoms in total. The van der Waals surface area contributed by atoms with Crippen molar-refractivity contribution in [1.82, 2.24) is 0 Å². The first-order chi connectivity index (χ1) is 8.49. The van der Waals surface area contributed by atoms with Crippen molar-refractivity contribution in [2.75, 3.05) is 6.61 Å². The number of aromatic hydroxyl groups is 1. The van der Waals surface area contributed by atoms with Gasteiger partial charge in [-0.15, -0.1) is 0 Å². The van der Waals surface area contributed by atoms with Crippen LogP contribution in [0.2, 0.25) is 0 Å². The number of benzene rings is 1. The van der Waals surface area contributed by atoms with Crippen LogP contribution in [0.5, 0.6) is 11.5 Å². The van der Waals surface area contributed by atoms with E-state index in [0.29, 0.717) is 0 Å². The number of nitrogens with zero attached hydrogens (tertiary/aromatic N) is 1. The van der Waals surface area contributed by atoms with Crippen LogP contribution in [0, 0.1) is 11.3 Å². The number of hydrogen-bond acceptors (Lipinski definition) is 5. The van der Waals surface area contributed by atoms with Gasteiger partial charge in [-0.1, -0.05) is 0 Å². The van der Waals surface area contributed by atoms with Gasteiger partial charge in [0.2, 0.25) is 0 Å². The zero-order valence-electron chi connectivity index (χ0n) is 9.31. The van der Waals surface area contributed by atoms with Crippen molar-refractivity contribution in [3.05, 3.63) is 23.3 Å². The molecule has 0 radical (unpaired) electrons. The fraction of sp³-hybridized carbons (Fsp3) is 0.273. The third kappa shape index (κ3) is 3.07. The van der Waals surface area contributed by atoms with Crippen molar-refractivity contribution in [2.24, 2.45) is 0 Å². The predicted octanol–water partition coefficient (Wildman–Crippen LogP) is 2.04. The van der Waals surface area contributed by atoms with E-state index in [0.717, 1.165) is 12.1 Å². The first kappa shape index (κ1) is 13.7. The van der Waals surface area contributed by atoms with Gasteiger partial charge >= 0.3 is 12.6 Å². The van der Waals surface area contributed by atoms with Crippen LogP contribution in [0.4, 0.5) is 8.78 Å². The minimum atomic E-state index is -3.10. The second-order valence-corrected chi connectivity index (χ2v) is 3.08. The highest BCUT2D eigenvalue weighted by Crippen LogP contribution is 2.29. The van der Waals surface area contributed by atoms with Gasteiger partial charge in [-0.05, 0) is 13.0 Å².